The molecule has 0 aliphatic carbocycles. The zero-order chi connectivity index (χ0) is 11.7. The number of rotatable bonds is 2. The maximum absolute atomic E-state index is 5.90. The van der Waals surface area contributed by atoms with Gasteiger partial charge in [-0.2, -0.15) is 0 Å². The van der Waals surface area contributed by atoms with E-state index in [4.69, 9.17) is 11.6 Å². The average Bonchev–Trinajstić information content (AvgIpc) is 2.76. The molecule has 1 N–H and O–H groups in total. The molecule has 92 valence electrons. The summed E-state index contributed by atoms with van der Waals surface area (Å²) in [5.74, 6) is 0. The number of hydrogen-bond acceptors (Lipinski definition) is 2. The monoisotopic (exact) mass is 250 g/mol. The standard InChI is InChI=1S/C14H19ClN2/c15-11-4-6-12(7-5-11)16-13-8-10-17-9-2-1-3-14(13)17/h4-7,13-14,16H,1-3,8-10H2. The van der Waals surface area contributed by atoms with E-state index in [0.717, 1.165) is 11.1 Å². The van der Waals surface area contributed by atoms with Gasteiger partial charge in [0.05, 0.1) is 0 Å². The highest BCUT2D eigenvalue weighted by atomic mass is 35.5. The molecule has 3 rings (SSSR count). The van der Waals surface area contributed by atoms with E-state index >= 15 is 0 Å². The van der Waals surface area contributed by atoms with Crippen molar-refractivity contribution in [1.82, 2.24) is 4.90 Å². The Hall–Kier alpha value is -0.730. The van der Waals surface area contributed by atoms with Crippen LogP contribution in [0, 0.1) is 0 Å². The number of halogens is 1. The summed E-state index contributed by atoms with van der Waals surface area (Å²) in [6, 6.07) is 9.44. The molecule has 0 saturated carbocycles. The van der Waals surface area contributed by atoms with Crippen molar-refractivity contribution in [3.63, 3.8) is 0 Å². The second-order valence-corrected chi connectivity index (χ2v) is 5.58. The Labute approximate surface area is 108 Å². The minimum atomic E-state index is 0.622. The van der Waals surface area contributed by atoms with Crippen molar-refractivity contribution in [2.75, 3.05) is 18.4 Å². The lowest BCUT2D eigenvalue weighted by molar-refractivity contribution is 0.193. The van der Waals surface area contributed by atoms with E-state index in [1.807, 2.05) is 12.1 Å². The Morgan fingerprint density at radius 3 is 2.71 bits per heavy atom. The second kappa shape index (κ2) is 4.87. The molecular formula is C14H19ClN2. The zero-order valence-corrected chi connectivity index (χ0v) is 10.8. The van der Waals surface area contributed by atoms with Crippen LogP contribution in [-0.2, 0) is 0 Å². The van der Waals surface area contributed by atoms with Crippen LogP contribution < -0.4 is 5.32 Å². The van der Waals surface area contributed by atoms with Crippen LogP contribution in [0.2, 0.25) is 5.02 Å². The first kappa shape index (κ1) is 11.4. The highest BCUT2D eigenvalue weighted by molar-refractivity contribution is 6.30. The van der Waals surface area contributed by atoms with Crippen LogP contribution >= 0.6 is 11.6 Å². The maximum atomic E-state index is 5.90. The van der Waals surface area contributed by atoms with Gasteiger partial charge in [-0.15, -0.1) is 0 Å². The summed E-state index contributed by atoms with van der Waals surface area (Å²) in [6.07, 6.45) is 5.39. The highest BCUT2D eigenvalue weighted by Gasteiger charge is 2.35. The molecule has 0 bridgehead atoms. The first-order chi connectivity index (χ1) is 8.33. The first-order valence-corrected chi connectivity index (χ1v) is 6.97. The molecule has 0 amide bonds. The number of nitrogens with zero attached hydrogens (tertiary/aromatic N) is 1. The molecule has 2 unspecified atom stereocenters. The van der Waals surface area contributed by atoms with Gasteiger partial charge in [0.25, 0.3) is 0 Å². The summed E-state index contributed by atoms with van der Waals surface area (Å²) in [6.45, 7) is 2.55. The number of benzene rings is 1. The summed E-state index contributed by atoms with van der Waals surface area (Å²) < 4.78 is 0. The molecule has 2 atom stereocenters. The van der Waals surface area contributed by atoms with Gasteiger partial charge < -0.3 is 5.32 Å². The molecule has 1 aromatic rings. The summed E-state index contributed by atoms with van der Waals surface area (Å²) in [7, 11) is 0. The SMILES string of the molecule is Clc1ccc(NC2CCN3CCCCC23)cc1. The molecule has 17 heavy (non-hydrogen) atoms. The largest absolute Gasteiger partial charge is 0.381 e. The summed E-state index contributed by atoms with van der Waals surface area (Å²) in [5.41, 5.74) is 1.20. The molecular weight excluding hydrogens is 232 g/mol. The zero-order valence-electron chi connectivity index (χ0n) is 10.0. The summed E-state index contributed by atoms with van der Waals surface area (Å²) in [4.78, 5) is 2.65. The van der Waals surface area contributed by atoms with E-state index < -0.39 is 0 Å². The third kappa shape index (κ3) is 2.43. The first-order valence-electron chi connectivity index (χ1n) is 6.59. The molecule has 2 saturated heterocycles. The quantitative estimate of drug-likeness (QED) is 0.866. The number of nitrogens with one attached hydrogen (secondary N) is 1. The summed E-state index contributed by atoms with van der Waals surface area (Å²) in [5, 5.41) is 4.47. The molecule has 2 aliphatic rings. The molecule has 2 fully saturated rings. The minimum Gasteiger partial charge on any atom is -0.381 e. The molecule has 3 heteroatoms. The van der Waals surface area contributed by atoms with Gasteiger partial charge in [0.1, 0.15) is 0 Å². The number of hydrogen-bond donors (Lipinski definition) is 1. The van der Waals surface area contributed by atoms with Gasteiger partial charge in [-0.3, -0.25) is 4.90 Å². The van der Waals surface area contributed by atoms with Crippen molar-refractivity contribution in [2.24, 2.45) is 0 Å². The highest BCUT2D eigenvalue weighted by Crippen LogP contribution is 2.29. The lowest BCUT2D eigenvalue weighted by Gasteiger charge is -2.32. The molecule has 2 nitrogen and oxygen atoms in total. The van der Waals surface area contributed by atoms with E-state index in [-0.39, 0.29) is 0 Å². The van der Waals surface area contributed by atoms with Gasteiger partial charge in [-0.1, -0.05) is 18.0 Å². The van der Waals surface area contributed by atoms with Crippen molar-refractivity contribution in [3.05, 3.63) is 29.3 Å². The number of fused-ring (bicyclic) bond motifs is 1. The Morgan fingerprint density at radius 2 is 1.88 bits per heavy atom. The molecule has 0 spiro atoms. The maximum Gasteiger partial charge on any atom is 0.0428 e. The van der Waals surface area contributed by atoms with Crippen LogP contribution in [0.25, 0.3) is 0 Å². The number of anilines is 1. The van der Waals surface area contributed by atoms with Crippen molar-refractivity contribution in [1.29, 1.82) is 0 Å². The van der Waals surface area contributed by atoms with Gasteiger partial charge in [-0.05, 0) is 50.1 Å². The van der Waals surface area contributed by atoms with Crippen molar-refractivity contribution in [3.8, 4) is 0 Å². The molecule has 0 aromatic heterocycles. The second-order valence-electron chi connectivity index (χ2n) is 5.15. The average molecular weight is 251 g/mol. The van der Waals surface area contributed by atoms with E-state index in [1.165, 1.54) is 44.5 Å². The lowest BCUT2D eigenvalue weighted by Crippen LogP contribution is -2.41. The molecule has 2 heterocycles. The Balaban J connectivity index is 1.67. The smallest absolute Gasteiger partial charge is 0.0428 e. The van der Waals surface area contributed by atoms with Crippen LogP contribution in [-0.4, -0.2) is 30.1 Å². The summed E-state index contributed by atoms with van der Waals surface area (Å²) >= 11 is 5.90. The van der Waals surface area contributed by atoms with Crippen molar-refractivity contribution in [2.45, 2.75) is 37.8 Å². The fourth-order valence-electron chi connectivity index (χ4n) is 3.18. The third-order valence-corrected chi connectivity index (χ3v) is 4.30. The third-order valence-electron chi connectivity index (χ3n) is 4.05. The van der Waals surface area contributed by atoms with Gasteiger partial charge in [0.2, 0.25) is 0 Å². The molecule has 1 aromatic carbocycles. The lowest BCUT2D eigenvalue weighted by atomic mass is 9.99. The fourth-order valence-corrected chi connectivity index (χ4v) is 3.30. The molecule has 0 radical (unpaired) electrons. The van der Waals surface area contributed by atoms with Crippen LogP contribution in [0.1, 0.15) is 25.7 Å². The predicted octanol–water partition coefficient (Wildman–Crippen LogP) is 3.38. The van der Waals surface area contributed by atoms with Crippen LogP contribution in [0.3, 0.4) is 0 Å². The predicted molar refractivity (Wildman–Crippen MR) is 72.7 cm³/mol. The van der Waals surface area contributed by atoms with E-state index in [9.17, 15) is 0 Å². The van der Waals surface area contributed by atoms with E-state index in [1.54, 1.807) is 0 Å². The molecule has 2 aliphatic heterocycles. The minimum absolute atomic E-state index is 0.622. The van der Waals surface area contributed by atoms with Crippen molar-refractivity contribution < 1.29 is 0 Å². The van der Waals surface area contributed by atoms with Crippen LogP contribution in [0.15, 0.2) is 24.3 Å². The van der Waals surface area contributed by atoms with Gasteiger partial charge in [0.15, 0.2) is 0 Å². The fraction of sp³-hybridized carbons (Fsp3) is 0.571. The van der Waals surface area contributed by atoms with Crippen LogP contribution in [0.5, 0.6) is 0 Å². The van der Waals surface area contributed by atoms with Gasteiger partial charge in [0, 0.05) is 29.3 Å². The van der Waals surface area contributed by atoms with Crippen molar-refractivity contribution >= 4 is 17.3 Å². The van der Waals surface area contributed by atoms with E-state index in [2.05, 4.69) is 22.3 Å². The Morgan fingerprint density at radius 1 is 1.06 bits per heavy atom. The van der Waals surface area contributed by atoms with Gasteiger partial charge in [-0.25, -0.2) is 0 Å². The van der Waals surface area contributed by atoms with E-state index in [0.29, 0.717) is 6.04 Å². The topological polar surface area (TPSA) is 15.3 Å². The number of piperidine rings is 1. The Bertz CT molecular complexity index is 376. The van der Waals surface area contributed by atoms with Gasteiger partial charge >= 0.3 is 0 Å². The van der Waals surface area contributed by atoms with Crippen LogP contribution in [0.4, 0.5) is 5.69 Å². The normalized spacial score (nSPS) is 29.0. The Kier molecular flexibility index (Phi) is 3.26.